The highest BCUT2D eigenvalue weighted by Crippen LogP contribution is 2.27. The number of ether oxygens (including phenoxy) is 1. The fourth-order valence-corrected chi connectivity index (χ4v) is 3.04. The van der Waals surface area contributed by atoms with Gasteiger partial charge in [-0.25, -0.2) is 4.99 Å². The lowest BCUT2D eigenvalue weighted by atomic mass is 10.00. The summed E-state index contributed by atoms with van der Waals surface area (Å²) < 4.78 is 40.3. The van der Waals surface area contributed by atoms with Gasteiger partial charge in [-0.2, -0.15) is 0 Å². The monoisotopic (exact) mass is 378 g/mol. The maximum Gasteiger partial charge on any atom is 0.573 e. The van der Waals surface area contributed by atoms with Crippen molar-refractivity contribution in [2.75, 3.05) is 23.8 Å². The second-order valence-corrected chi connectivity index (χ2v) is 6.39. The van der Waals surface area contributed by atoms with E-state index in [4.69, 9.17) is 5.73 Å². The lowest BCUT2D eigenvalue weighted by Gasteiger charge is -2.27. The molecule has 0 saturated heterocycles. The summed E-state index contributed by atoms with van der Waals surface area (Å²) in [4.78, 5) is 6.54. The number of nitrogens with one attached hydrogen (secondary N) is 1. The lowest BCUT2D eigenvalue weighted by molar-refractivity contribution is -0.274. The van der Waals surface area contributed by atoms with Crippen molar-refractivity contribution in [3.05, 3.63) is 53.6 Å². The number of aliphatic imine (C=N–C) groups is 1. The predicted octanol–water partition coefficient (Wildman–Crippen LogP) is 3.89. The predicted molar refractivity (Wildman–Crippen MR) is 100 cm³/mol. The van der Waals surface area contributed by atoms with Crippen LogP contribution in [0.25, 0.3) is 0 Å². The lowest BCUT2D eigenvalue weighted by Crippen LogP contribution is -2.24. The third-order valence-corrected chi connectivity index (χ3v) is 4.29. The van der Waals surface area contributed by atoms with Gasteiger partial charge in [0.1, 0.15) is 5.75 Å². The van der Waals surface area contributed by atoms with E-state index in [1.54, 1.807) is 0 Å². The topological polar surface area (TPSA) is 62.9 Å². The largest absolute Gasteiger partial charge is 0.573 e. The van der Waals surface area contributed by atoms with Crippen molar-refractivity contribution in [1.29, 1.82) is 0 Å². The summed E-state index contributed by atoms with van der Waals surface area (Å²) >= 11 is 0. The highest BCUT2D eigenvalue weighted by Gasteiger charge is 2.30. The molecule has 2 aromatic rings. The summed E-state index contributed by atoms with van der Waals surface area (Å²) in [5.41, 5.74) is 10.0. The first-order chi connectivity index (χ1) is 12.8. The molecular weight excluding hydrogens is 357 g/mol. The van der Waals surface area contributed by atoms with Gasteiger partial charge in [0.15, 0.2) is 5.96 Å². The number of anilines is 2. The van der Waals surface area contributed by atoms with Crippen LogP contribution in [-0.4, -0.2) is 25.9 Å². The van der Waals surface area contributed by atoms with E-state index >= 15 is 0 Å². The fraction of sp³-hybridized carbons (Fsp3) is 0.316. The molecule has 0 saturated carbocycles. The van der Waals surface area contributed by atoms with E-state index in [0.717, 1.165) is 24.9 Å². The Balaban J connectivity index is 1.60. The number of guanidine groups is 1. The number of hydrogen-bond donors (Lipinski definition) is 2. The van der Waals surface area contributed by atoms with Gasteiger partial charge in [-0.3, -0.25) is 0 Å². The standard InChI is InChI=1S/C19H21F3N4O/c1-26-10-2-3-14-11-13(4-9-17(14)26)12-24-18(23)25-15-5-7-16(8-6-15)27-19(20,21)22/h4-9,11H,2-3,10,12H2,1H3,(H3,23,24,25). The summed E-state index contributed by atoms with van der Waals surface area (Å²) in [6.45, 7) is 1.49. The zero-order valence-corrected chi connectivity index (χ0v) is 14.9. The first-order valence-corrected chi connectivity index (χ1v) is 8.56. The minimum absolute atomic E-state index is 0.189. The number of halogens is 3. The highest BCUT2D eigenvalue weighted by atomic mass is 19.4. The zero-order chi connectivity index (χ0) is 19.4. The van der Waals surface area contributed by atoms with Crippen molar-refractivity contribution in [1.82, 2.24) is 0 Å². The van der Waals surface area contributed by atoms with Gasteiger partial charge in [0.2, 0.25) is 0 Å². The molecule has 2 aromatic carbocycles. The van der Waals surface area contributed by atoms with Gasteiger partial charge < -0.3 is 20.7 Å². The summed E-state index contributed by atoms with van der Waals surface area (Å²) in [5.74, 6) is -0.100. The zero-order valence-electron chi connectivity index (χ0n) is 14.9. The van der Waals surface area contributed by atoms with Crippen LogP contribution in [0.2, 0.25) is 0 Å². The van der Waals surface area contributed by atoms with E-state index in [-0.39, 0.29) is 11.7 Å². The second kappa shape index (κ2) is 7.77. The van der Waals surface area contributed by atoms with Crippen molar-refractivity contribution in [2.45, 2.75) is 25.7 Å². The quantitative estimate of drug-likeness (QED) is 0.626. The number of nitrogens with zero attached hydrogens (tertiary/aromatic N) is 2. The van der Waals surface area contributed by atoms with Gasteiger partial charge in [-0.1, -0.05) is 12.1 Å². The molecule has 0 atom stereocenters. The van der Waals surface area contributed by atoms with E-state index in [2.05, 4.69) is 39.1 Å². The molecule has 8 heteroatoms. The molecule has 144 valence electrons. The van der Waals surface area contributed by atoms with Crippen molar-refractivity contribution >= 4 is 17.3 Å². The van der Waals surface area contributed by atoms with Gasteiger partial charge >= 0.3 is 6.36 Å². The molecule has 1 aliphatic heterocycles. The number of alkyl halides is 3. The van der Waals surface area contributed by atoms with Crippen molar-refractivity contribution < 1.29 is 17.9 Å². The van der Waals surface area contributed by atoms with Crippen molar-refractivity contribution in [3.63, 3.8) is 0 Å². The molecule has 0 spiro atoms. The average Bonchev–Trinajstić information content (AvgIpc) is 2.60. The molecule has 0 radical (unpaired) electrons. The van der Waals surface area contributed by atoms with Crippen LogP contribution in [0, 0.1) is 0 Å². The van der Waals surface area contributed by atoms with Crippen LogP contribution < -0.4 is 20.7 Å². The molecule has 0 unspecified atom stereocenters. The van der Waals surface area contributed by atoms with Crippen molar-refractivity contribution in [2.24, 2.45) is 10.7 Å². The van der Waals surface area contributed by atoms with Crippen LogP contribution in [0.4, 0.5) is 24.5 Å². The number of rotatable bonds is 4. The Labute approximate surface area is 155 Å². The molecule has 0 fully saturated rings. The summed E-state index contributed by atoms with van der Waals surface area (Å²) in [5, 5.41) is 2.85. The van der Waals surface area contributed by atoms with Crippen LogP contribution in [0.15, 0.2) is 47.5 Å². The molecule has 0 aliphatic carbocycles. The number of aryl methyl sites for hydroxylation is 1. The van der Waals surface area contributed by atoms with Gasteiger partial charge in [-0.05, 0) is 54.3 Å². The van der Waals surface area contributed by atoms with Crippen LogP contribution in [-0.2, 0) is 13.0 Å². The maximum absolute atomic E-state index is 12.2. The minimum Gasteiger partial charge on any atom is -0.406 e. The van der Waals surface area contributed by atoms with Gasteiger partial charge in [0.05, 0.1) is 6.54 Å². The van der Waals surface area contributed by atoms with Crippen LogP contribution in [0.1, 0.15) is 17.5 Å². The first kappa shape index (κ1) is 18.9. The fourth-order valence-electron chi connectivity index (χ4n) is 3.04. The number of nitrogens with two attached hydrogens (primary N) is 1. The number of benzene rings is 2. The second-order valence-electron chi connectivity index (χ2n) is 6.39. The molecule has 5 nitrogen and oxygen atoms in total. The van der Waals surface area contributed by atoms with Gasteiger partial charge in [0.25, 0.3) is 0 Å². The summed E-state index contributed by atoms with van der Waals surface area (Å²) in [7, 11) is 2.09. The normalized spacial score (nSPS) is 14.7. The minimum atomic E-state index is -4.71. The van der Waals surface area contributed by atoms with E-state index in [9.17, 15) is 13.2 Å². The van der Waals surface area contributed by atoms with Crippen LogP contribution in [0.3, 0.4) is 0 Å². The van der Waals surface area contributed by atoms with E-state index in [1.807, 2.05) is 6.07 Å². The molecule has 0 bridgehead atoms. The molecule has 3 rings (SSSR count). The Hall–Kier alpha value is -2.90. The van der Waals surface area contributed by atoms with Crippen LogP contribution in [0.5, 0.6) is 5.75 Å². The first-order valence-electron chi connectivity index (χ1n) is 8.56. The molecule has 1 heterocycles. The summed E-state index contributed by atoms with van der Waals surface area (Å²) in [6, 6.07) is 11.6. The molecule has 0 aromatic heterocycles. The van der Waals surface area contributed by atoms with E-state index in [0.29, 0.717) is 12.2 Å². The van der Waals surface area contributed by atoms with Crippen molar-refractivity contribution in [3.8, 4) is 5.75 Å². The summed E-state index contributed by atoms with van der Waals surface area (Å²) in [6.07, 6.45) is -2.52. The Bertz CT molecular complexity index is 819. The third-order valence-electron chi connectivity index (χ3n) is 4.29. The Morgan fingerprint density at radius 2 is 1.96 bits per heavy atom. The molecule has 1 aliphatic rings. The number of fused-ring (bicyclic) bond motifs is 1. The van der Waals surface area contributed by atoms with Gasteiger partial charge in [-0.15, -0.1) is 13.2 Å². The average molecular weight is 378 g/mol. The molecule has 3 N–H and O–H groups in total. The molecule has 27 heavy (non-hydrogen) atoms. The van der Waals surface area contributed by atoms with Crippen LogP contribution >= 0.6 is 0 Å². The third kappa shape index (κ3) is 5.29. The number of hydrogen-bond acceptors (Lipinski definition) is 3. The smallest absolute Gasteiger partial charge is 0.406 e. The van der Waals surface area contributed by atoms with Gasteiger partial charge in [0, 0.05) is 25.0 Å². The Kier molecular flexibility index (Phi) is 5.43. The SMILES string of the molecule is CN1CCCc2cc(CN=C(N)Nc3ccc(OC(F)(F)F)cc3)ccc21. The Morgan fingerprint density at radius 3 is 2.67 bits per heavy atom. The maximum atomic E-state index is 12.2. The van der Waals surface area contributed by atoms with E-state index < -0.39 is 6.36 Å². The van der Waals surface area contributed by atoms with E-state index in [1.165, 1.54) is 35.5 Å². The molecular formula is C19H21F3N4O. The molecule has 0 amide bonds. The highest BCUT2D eigenvalue weighted by molar-refractivity contribution is 5.92. The Morgan fingerprint density at radius 1 is 1.22 bits per heavy atom.